The van der Waals surface area contributed by atoms with Crippen molar-refractivity contribution in [3.8, 4) is 11.5 Å². The Hall–Kier alpha value is -3.25. The van der Waals surface area contributed by atoms with Gasteiger partial charge >= 0.3 is 12.6 Å². The number of sulfonamides is 1. The van der Waals surface area contributed by atoms with Gasteiger partial charge in [-0.3, -0.25) is 0 Å². The van der Waals surface area contributed by atoms with Crippen molar-refractivity contribution in [2.75, 3.05) is 21.2 Å². The molecule has 12 heteroatoms. The molecule has 0 unspecified atom stereocenters. The van der Waals surface area contributed by atoms with E-state index in [1.807, 2.05) is 6.92 Å². The highest BCUT2D eigenvalue weighted by Gasteiger charge is 2.20. The number of aryl methyl sites for hydroxylation is 1. The van der Waals surface area contributed by atoms with Gasteiger partial charge in [0.25, 0.3) is 0 Å². The number of esters is 1. The summed E-state index contributed by atoms with van der Waals surface area (Å²) in [6.45, 7) is -0.832. The monoisotopic (exact) mass is 483 g/mol. The molecule has 0 N–H and O–H groups in total. The molecule has 2 aromatic carbocycles. The topological polar surface area (TPSA) is 100.0 Å². The number of imidazole rings is 1. The molecule has 0 saturated heterocycles. The van der Waals surface area contributed by atoms with Crippen molar-refractivity contribution >= 4 is 27.0 Å². The average molecular weight is 483 g/mol. The predicted molar refractivity (Wildman–Crippen MR) is 115 cm³/mol. The van der Waals surface area contributed by atoms with Gasteiger partial charge in [-0.15, -0.1) is 0 Å². The number of halogens is 2. The Balaban J connectivity index is 1.84. The lowest BCUT2D eigenvalue weighted by atomic mass is 10.2. The van der Waals surface area contributed by atoms with E-state index in [-0.39, 0.29) is 28.6 Å². The molecule has 1 heterocycles. The highest BCUT2D eigenvalue weighted by molar-refractivity contribution is 7.89. The van der Waals surface area contributed by atoms with Crippen LogP contribution >= 0.6 is 0 Å². The lowest BCUT2D eigenvalue weighted by Crippen LogP contribution is -2.22. The van der Waals surface area contributed by atoms with E-state index < -0.39 is 22.6 Å². The van der Waals surface area contributed by atoms with Crippen LogP contribution in [0.15, 0.2) is 41.3 Å². The van der Waals surface area contributed by atoms with Crippen LogP contribution in [-0.4, -0.2) is 56.1 Å². The lowest BCUT2D eigenvalue weighted by molar-refractivity contribution is -0.0512. The van der Waals surface area contributed by atoms with Gasteiger partial charge in [0.1, 0.15) is 12.4 Å². The fraction of sp³-hybridized carbons (Fsp3) is 0.333. The largest absolute Gasteiger partial charge is 0.493 e. The first kappa shape index (κ1) is 24.4. The third kappa shape index (κ3) is 5.06. The Labute approximate surface area is 189 Å². The summed E-state index contributed by atoms with van der Waals surface area (Å²) in [5.74, 6) is -0.548. The van der Waals surface area contributed by atoms with Crippen molar-refractivity contribution in [3.63, 3.8) is 0 Å². The number of fused-ring (bicyclic) bond motifs is 1. The molecule has 0 fully saturated rings. The van der Waals surface area contributed by atoms with Gasteiger partial charge in [0.05, 0.1) is 28.6 Å². The average Bonchev–Trinajstić information content (AvgIpc) is 3.13. The second-order valence-electron chi connectivity index (χ2n) is 7.03. The molecule has 33 heavy (non-hydrogen) atoms. The summed E-state index contributed by atoms with van der Waals surface area (Å²) in [5, 5.41) is 0. The number of carbonyl (C=O) groups is 1. The number of nitrogens with zero attached hydrogens (tertiary/aromatic N) is 3. The van der Waals surface area contributed by atoms with Crippen molar-refractivity contribution in [1.29, 1.82) is 0 Å². The minimum Gasteiger partial charge on any atom is -0.493 e. The van der Waals surface area contributed by atoms with Crippen LogP contribution in [0.1, 0.15) is 23.1 Å². The summed E-state index contributed by atoms with van der Waals surface area (Å²) in [6.07, 6.45) is 0. The van der Waals surface area contributed by atoms with E-state index >= 15 is 0 Å². The third-order valence-corrected chi connectivity index (χ3v) is 6.65. The first-order chi connectivity index (χ1) is 15.6. The van der Waals surface area contributed by atoms with Crippen LogP contribution in [0.4, 0.5) is 8.78 Å². The number of hydrogen-bond acceptors (Lipinski definition) is 7. The number of ether oxygens (including phenoxy) is 3. The van der Waals surface area contributed by atoms with Crippen molar-refractivity contribution in [1.82, 2.24) is 13.9 Å². The molecule has 0 aliphatic rings. The summed E-state index contributed by atoms with van der Waals surface area (Å²) in [6, 6.07) is 8.33. The van der Waals surface area contributed by atoms with Gasteiger partial charge in [0, 0.05) is 20.6 Å². The zero-order valence-electron chi connectivity index (χ0n) is 18.4. The van der Waals surface area contributed by atoms with E-state index in [2.05, 4.69) is 9.72 Å². The highest BCUT2D eigenvalue weighted by Crippen LogP contribution is 2.30. The molecular formula is C21H23F2N3O6S. The van der Waals surface area contributed by atoms with Crippen LogP contribution in [0.25, 0.3) is 11.0 Å². The molecule has 0 radical (unpaired) electrons. The number of methoxy groups -OCH3 is 1. The molecule has 0 atom stereocenters. The molecule has 178 valence electrons. The number of alkyl halides is 2. The van der Waals surface area contributed by atoms with Crippen molar-refractivity contribution in [3.05, 3.63) is 47.8 Å². The number of benzene rings is 2. The van der Waals surface area contributed by atoms with E-state index in [0.29, 0.717) is 23.4 Å². The van der Waals surface area contributed by atoms with Crippen LogP contribution in [0, 0.1) is 0 Å². The molecule has 1 aromatic heterocycles. The van der Waals surface area contributed by atoms with Gasteiger partial charge in [-0.05, 0) is 43.3 Å². The first-order valence-corrected chi connectivity index (χ1v) is 11.2. The summed E-state index contributed by atoms with van der Waals surface area (Å²) < 4.78 is 67.4. The maximum atomic E-state index is 12.5. The quantitative estimate of drug-likeness (QED) is 0.431. The Morgan fingerprint density at radius 3 is 2.48 bits per heavy atom. The maximum Gasteiger partial charge on any atom is 0.387 e. The summed E-state index contributed by atoms with van der Waals surface area (Å²) in [5.41, 5.74) is 1.21. The van der Waals surface area contributed by atoms with E-state index in [9.17, 15) is 22.0 Å². The smallest absolute Gasteiger partial charge is 0.387 e. The van der Waals surface area contributed by atoms with Gasteiger partial charge in [-0.1, -0.05) is 0 Å². The SMILES string of the molecule is CCn1c(COC(=O)c2ccc(OC(F)F)c(OC)c2)nc2cc(S(=O)(=O)N(C)C)ccc21. The maximum absolute atomic E-state index is 12.5. The van der Waals surface area contributed by atoms with E-state index in [0.717, 1.165) is 4.31 Å². The minimum absolute atomic E-state index is 0.0415. The lowest BCUT2D eigenvalue weighted by Gasteiger charge is -2.12. The Kier molecular flexibility index (Phi) is 7.18. The molecule has 0 amide bonds. The number of rotatable bonds is 9. The van der Waals surface area contributed by atoms with Gasteiger partial charge in [-0.25, -0.2) is 22.5 Å². The van der Waals surface area contributed by atoms with Crippen molar-refractivity contribution in [2.45, 2.75) is 31.6 Å². The fourth-order valence-corrected chi connectivity index (χ4v) is 4.12. The molecule has 0 aliphatic carbocycles. The zero-order chi connectivity index (χ0) is 24.3. The first-order valence-electron chi connectivity index (χ1n) is 9.80. The Morgan fingerprint density at radius 2 is 1.88 bits per heavy atom. The number of aromatic nitrogens is 2. The standard InChI is InChI=1S/C21H23F2N3O6S/c1-5-26-16-8-7-14(33(28,29)25(2)3)11-15(16)24-19(26)12-31-20(27)13-6-9-17(32-21(22)23)18(10-13)30-4/h6-11,21H,5,12H2,1-4H3. The minimum atomic E-state index is -3.63. The number of carbonyl (C=O) groups excluding carboxylic acids is 1. The highest BCUT2D eigenvalue weighted by atomic mass is 32.2. The molecule has 0 bridgehead atoms. The van der Waals surface area contributed by atoms with Gasteiger partial charge in [0.15, 0.2) is 11.5 Å². The molecule has 3 aromatic rings. The Morgan fingerprint density at radius 1 is 1.15 bits per heavy atom. The molecule has 9 nitrogen and oxygen atoms in total. The van der Waals surface area contributed by atoms with Crippen molar-refractivity contribution in [2.24, 2.45) is 0 Å². The van der Waals surface area contributed by atoms with Gasteiger partial charge in [0.2, 0.25) is 10.0 Å². The molecular weight excluding hydrogens is 460 g/mol. The van der Waals surface area contributed by atoms with Gasteiger partial charge < -0.3 is 18.8 Å². The molecule has 0 saturated carbocycles. The molecule has 0 aliphatic heterocycles. The molecule has 3 rings (SSSR count). The van der Waals surface area contributed by atoms with Crippen LogP contribution in [-0.2, 0) is 27.9 Å². The van der Waals surface area contributed by atoms with Crippen LogP contribution in [0.5, 0.6) is 11.5 Å². The predicted octanol–water partition coefficient (Wildman–Crippen LogP) is 3.27. The van der Waals surface area contributed by atoms with Gasteiger partial charge in [-0.2, -0.15) is 8.78 Å². The summed E-state index contributed by atoms with van der Waals surface area (Å²) >= 11 is 0. The molecule has 0 spiro atoms. The fourth-order valence-electron chi connectivity index (χ4n) is 3.20. The second-order valence-corrected chi connectivity index (χ2v) is 9.18. The second kappa shape index (κ2) is 9.71. The van der Waals surface area contributed by atoms with Crippen LogP contribution in [0.2, 0.25) is 0 Å². The Bertz CT molecular complexity index is 1270. The van der Waals surface area contributed by atoms with E-state index in [4.69, 9.17) is 9.47 Å². The summed E-state index contributed by atoms with van der Waals surface area (Å²) in [7, 11) is 0.514. The van der Waals surface area contributed by atoms with Crippen LogP contribution in [0.3, 0.4) is 0 Å². The van der Waals surface area contributed by atoms with Crippen molar-refractivity contribution < 1.29 is 36.2 Å². The zero-order valence-corrected chi connectivity index (χ0v) is 19.2. The normalized spacial score (nSPS) is 11.9. The summed E-state index contributed by atoms with van der Waals surface area (Å²) in [4.78, 5) is 17.0. The number of hydrogen-bond donors (Lipinski definition) is 0. The van der Waals surface area contributed by atoms with E-state index in [1.165, 1.54) is 51.5 Å². The van der Waals surface area contributed by atoms with Crippen LogP contribution < -0.4 is 9.47 Å². The third-order valence-electron chi connectivity index (χ3n) is 4.84. The van der Waals surface area contributed by atoms with E-state index in [1.54, 1.807) is 10.6 Å².